The summed E-state index contributed by atoms with van der Waals surface area (Å²) in [5.41, 5.74) is 8.97. The van der Waals surface area contributed by atoms with Crippen molar-refractivity contribution in [2.75, 3.05) is 38.5 Å². The number of imidazole rings is 1. The average molecular weight is 596 g/mol. The number of pyridine rings is 1. The molecule has 2 N–H and O–H groups in total. The van der Waals surface area contributed by atoms with E-state index in [4.69, 9.17) is 36.5 Å². The summed E-state index contributed by atoms with van der Waals surface area (Å²) in [5.74, 6) is 0.993. The fraction of sp³-hybridized carbons (Fsp3) is 0.419. The van der Waals surface area contributed by atoms with E-state index >= 15 is 0 Å². The number of nitrogen functional groups attached to an aromatic ring is 1. The minimum atomic E-state index is -0.588. The zero-order chi connectivity index (χ0) is 30.3. The summed E-state index contributed by atoms with van der Waals surface area (Å²) in [5, 5.41) is 0.967. The van der Waals surface area contributed by atoms with Crippen LogP contribution in [0.3, 0.4) is 0 Å². The number of hydrogen-bond acceptors (Lipinski definition) is 8. The van der Waals surface area contributed by atoms with Crippen LogP contribution in [0.15, 0.2) is 48.5 Å². The number of rotatable bonds is 13. The highest BCUT2D eigenvalue weighted by molar-refractivity contribution is 6.27. The molecule has 11 heteroatoms. The van der Waals surface area contributed by atoms with Gasteiger partial charge in [0.05, 0.1) is 17.6 Å². The SMILES string of the molecule is COCCc1nc2c(N)nc3ccccc3c2n1CCCN(Cc1cccc(OCC(=O)OC(C)(C)C)c1)C(=O)CCl. The topological polar surface area (TPSA) is 122 Å². The maximum absolute atomic E-state index is 12.8. The highest BCUT2D eigenvalue weighted by Gasteiger charge is 2.19. The van der Waals surface area contributed by atoms with Crippen molar-refractivity contribution in [2.45, 2.75) is 52.3 Å². The van der Waals surface area contributed by atoms with Crippen LogP contribution >= 0.6 is 11.6 Å². The van der Waals surface area contributed by atoms with E-state index in [1.165, 1.54) is 0 Å². The van der Waals surface area contributed by atoms with E-state index in [1.54, 1.807) is 38.8 Å². The molecule has 0 unspecified atom stereocenters. The van der Waals surface area contributed by atoms with Gasteiger partial charge in [0, 0.05) is 38.6 Å². The monoisotopic (exact) mass is 595 g/mol. The summed E-state index contributed by atoms with van der Waals surface area (Å²) in [6.07, 6.45) is 1.26. The molecule has 2 aromatic carbocycles. The molecule has 0 aliphatic carbocycles. The first-order valence-corrected chi connectivity index (χ1v) is 14.4. The number of carbonyl (C=O) groups is 2. The predicted octanol–water partition coefficient (Wildman–Crippen LogP) is 4.73. The molecule has 0 aliphatic heterocycles. The lowest BCUT2D eigenvalue weighted by Crippen LogP contribution is -2.33. The predicted molar refractivity (Wildman–Crippen MR) is 164 cm³/mol. The van der Waals surface area contributed by atoms with Crippen molar-refractivity contribution < 1.29 is 23.8 Å². The number of para-hydroxylation sites is 1. The van der Waals surface area contributed by atoms with Gasteiger partial charge in [0.15, 0.2) is 12.4 Å². The molecule has 0 atom stereocenters. The van der Waals surface area contributed by atoms with E-state index in [0.29, 0.717) is 56.2 Å². The minimum absolute atomic E-state index is 0.130. The largest absolute Gasteiger partial charge is 0.482 e. The maximum Gasteiger partial charge on any atom is 0.344 e. The van der Waals surface area contributed by atoms with Gasteiger partial charge in [-0.05, 0) is 51.0 Å². The van der Waals surface area contributed by atoms with Crippen LogP contribution in [-0.4, -0.2) is 69.7 Å². The fourth-order valence-corrected chi connectivity index (χ4v) is 4.96. The Morgan fingerprint density at radius 1 is 1.10 bits per heavy atom. The number of halogens is 1. The number of carbonyl (C=O) groups excluding carboxylic acids is 2. The van der Waals surface area contributed by atoms with E-state index in [1.807, 2.05) is 42.5 Å². The van der Waals surface area contributed by atoms with E-state index in [9.17, 15) is 9.59 Å². The Morgan fingerprint density at radius 3 is 2.62 bits per heavy atom. The number of hydrogen-bond donors (Lipinski definition) is 1. The molecule has 10 nitrogen and oxygen atoms in total. The Bertz CT molecular complexity index is 1550. The third kappa shape index (κ3) is 7.89. The summed E-state index contributed by atoms with van der Waals surface area (Å²) >= 11 is 5.99. The molecular formula is C31H38ClN5O5. The first-order chi connectivity index (χ1) is 20.1. The maximum atomic E-state index is 12.8. The number of ether oxygens (including phenoxy) is 3. The molecule has 42 heavy (non-hydrogen) atoms. The van der Waals surface area contributed by atoms with Gasteiger partial charge in [-0.2, -0.15) is 0 Å². The minimum Gasteiger partial charge on any atom is -0.482 e. The first-order valence-electron chi connectivity index (χ1n) is 13.9. The molecule has 0 saturated heterocycles. The average Bonchev–Trinajstić information content (AvgIpc) is 3.32. The number of methoxy groups -OCH3 is 1. The van der Waals surface area contributed by atoms with Crippen LogP contribution in [0.25, 0.3) is 21.9 Å². The number of amides is 1. The van der Waals surface area contributed by atoms with Gasteiger partial charge in [0.25, 0.3) is 0 Å². The number of aryl methyl sites for hydroxylation is 1. The van der Waals surface area contributed by atoms with Crippen LogP contribution in [0, 0.1) is 0 Å². The molecule has 2 aromatic heterocycles. The zero-order valence-electron chi connectivity index (χ0n) is 24.6. The standard InChI is InChI=1S/C31H38ClN5O5/c1-31(2,3)42-27(39)20-41-22-10-7-9-21(17-22)19-36(26(38)18-32)14-8-15-37-25(13-16-40-4)35-28-29(37)23-11-5-6-12-24(23)34-30(28)33/h5-7,9-12,17H,8,13-16,18-20H2,1-4H3,(H2,33,34). The third-order valence-electron chi connectivity index (χ3n) is 6.54. The van der Waals surface area contributed by atoms with Gasteiger partial charge >= 0.3 is 5.97 Å². The lowest BCUT2D eigenvalue weighted by molar-refractivity contribution is -0.157. The van der Waals surface area contributed by atoms with Crippen LogP contribution in [0.4, 0.5) is 5.82 Å². The molecule has 4 aromatic rings. The van der Waals surface area contributed by atoms with Gasteiger partial charge in [-0.1, -0.05) is 30.3 Å². The van der Waals surface area contributed by atoms with Crippen molar-refractivity contribution in [1.82, 2.24) is 19.4 Å². The molecule has 2 heterocycles. The number of nitrogens with two attached hydrogens (primary N) is 1. The van der Waals surface area contributed by atoms with Crippen molar-refractivity contribution in [3.8, 4) is 5.75 Å². The molecule has 0 aliphatic rings. The molecule has 224 valence electrons. The van der Waals surface area contributed by atoms with Crippen LogP contribution in [0.2, 0.25) is 0 Å². The number of nitrogens with zero attached hydrogens (tertiary/aromatic N) is 4. The number of aromatic nitrogens is 3. The van der Waals surface area contributed by atoms with Gasteiger partial charge in [-0.15, -0.1) is 11.6 Å². The smallest absolute Gasteiger partial charge is 0.344 e. The summed E-state index contributed by atoms with van der Waals surface area (Å²) in [6, 6.07) is 15.2. The molecular weight excluding hydrogens is 558 g/mol. The molecule has 0 fully saturated rings. The molecule has 0 bridgehead atoms. The first kappa shape index (κ1) is 31.1. The third-order valence-corrected chi connectivity index (χ3v) is 6.77. The van der Waals surface area contributed by atoms with Crippen LogP contribution < -0.4 is 10.5 Å². The normalized spacial score (nSPS) is 11.6. The van der Waals surface area contributed by atoms with Crippen molar-refractivity contribution in [3.63, 3.8) is 0 Å². The molecule has 1 amide bonds. The van der Waals surface area contributed by atoms with Crippen molar-refractivity contribution >= 4 is 51.2 Å². The van der Waals surface area contributed by atoms with Crippen molar-refractivity contribution in [3.05, 3.63) is 59.9 Å². The summed E-state index contributed by atoms with van der Waals surface area (Å²) in [6.45, 7) is 7.14. The van der Waals surface area contributed by atoms with Gasteiger partial charge in [-0.3, -0.25) is 4.79 Å². The van der Waals surface area contributed by atoms with Gasteiger partial charge < -0.3 is 29.4 Å². The van der Waals surface area contributed by atoms with Crippen LogP contribution in [0.5, 0.6) is 5.75 Å². The van der Waals surface area contributed by atoms with Gasteiger partial charge in [0.2, 0.25) is 5.91 Å². The molecule has 0 spiro atoms. The number of anilines is 1. The van der Waals surface area contributed by atoms with Crippen molar-refractivity contribution in [2.24, 2.45) is 0 Å². The Labute approximate surface area is 250 Å². The van der Waals surface area contributed by atoms with Gasteiger partial charge in [0.1, 0.15) is 28.6 Å². The fourth-order valence-electron chi connectivity index (χ4n) is 4.79. The second-order valence-electron chi connectivity index (χ2n) is 11.0. The quantitative estimate of drug-likeness (QED) is 0.174. The highest BCUT2D eigenvalue weighted by atomic mass is 35.5. The number of esters is 1. The van der Waals surface area contributed by atoms with Crippen LogP contribution in [0.1, 0.15) is 38.6 Å². The number of alkyl halides is 1. The Hall–Kier alpha value is -3.89. The molecule has 4 rings (SSSR count). The number of benzene rings is 2. The Kier molecular flexibility index (Phi) is 10.2. The summed E-state index contributed by atoms with van der Waals surface area (Å²) in [7, 11) is 1.66. The number of fused-ring (bicyclic) bond motifs is 3. The van der Waals surface area contributed by atoms with E-state index in [0.717, 1.165) is 27.8 Å². The lowest BCUT2D eigenvalue weighted by Gasteiger charge is -2.23. The Balaban J connectivity index is 1.50. The van der Waals surface area contributed by atoms with E-state index < -0.39 is 11.6 Å². The van der Waals surface area contributed by atoms with Crippen molar-refractivity contribution in [1.29, 1.82) is 0 Å². The Morgan fingerprint density at radius 2 is 1.88 bits per heavy atom. The second kappa shape index (κ2) is 13.8. The highest BCUT2D eigenvalue weighted by Crippen LogP contribution is 2.29. The summed E-state index contributed by atoms with van der Waals surface area (Å²) in [4.78, 5) is 36.0. The van der Waals surface area contributed by atoms with E-state index in [2.05, 4.69) is 9.55 Å². The van der Waals surface area contributed by atoms with E-state index in [-0.39, 0.29) is 18.4 Å². The second-order valence-corrected chi connectivity index (χ2v) is 11.2. The van der Waals surface area contributed by atoms with Gasteiger partial charge in [-0.25, -0.2) is 14.8 Å². The van der Waals surface area contributed by atoms with Crippen LogP contribution in [-0.2, 0) is 38.6 Å². The summed E-state index contributed by atoms with van der Waals surface area (Å²) < 4.78 is 18.4. The molecule has 0 radical (unpaired) electrons. The zero-order valence-corrected chi connectivity index (χ0v) is 25.3. The lowest BCUT2D eigenvalue weighted by atomic mass is 10.1. The molecule has 0 saturated carbocycles.